The Balaban J connectivity index is 1.97. The highest BCUT2D eigenvalue weighted by Crippen LogP contribution is 2.17. The van der Waals surface area contributed by atoms with Crippen LogP contribution >= 0.6 is 0 Å². The number of amides is 1. The summed E-state index contributed by atoms with van der Waals surface area (Å²) in [6.07, 6.45) is 3.53. The summed E-state index contributed by atoms with van der Waals surface area (Å²) in [4.78, 5) is 12.5. The van der Waals surface area contributed by atoms with Crippen molar-refractivity contribution in [2.45, 2.75) is 31.1 Å². The summed E-state index contributed by atoms with van der Waals surface area (Å²) in [5.74, 6) is -0.285. The smallest absolute Gasteiger partial charge is 0.255 e. The molecule has 0 aromatic heterocycles. The maximum Gasteiger partial charge on any atom is 0.255 e. The second kappa shape index (κ2) is 9.53. The van der Waals surface area contributed by atoms with Crippen LogP contribution in [0.3, 0.4) is 0 Å². The van der Waals surface area contributed by atoms with Gasteiger partial charge in [0.2, 0.25) is 10.0 Å². The molecule has 6 nitrogen and oxygen atoms in total. The number of anilines is 2. The first kappa shape index (κ1) is 20.9. The van der Waals surface area contributed by atoms with Crippen molar-refractivity contribution in [1.82, 2.24) is 4.31 Å². The molecule has 7 heteroatoms. The van der Waals surface area contributed by atoms with E-state index in [0.717, 1.165) is 23.0 Å². The molecule has 0 saturated heterocycles. The SMILES string of the molecule is CCCCCNc1ccc(NC(=O)c2ccc(S(=O)(=O)N(C)C)cc2)cc1. The average Bonchev–Trinajstić information content (AvgIpc) is 2.66. The lowest BCUT2D eigenvalue weighted by molar-refractivity contribution is 0.102. The Labute approximate surface area is 161 Å². The first-order chi connectivity index (χ1) is 12.8. The molecule has 0 fully saturated rings. The van der Waals surface area contributed by atoms with Crippen LogP contribution in [0.15, 0.2) is 53.4 Å². The first-order valence-corrected chi connectivity index (χ1v) is 10.5. The number of hydrogen-bond donors (Lipinski definition) is 2. The zero-order valence-electron chi connectivity index (χ0n) is 16.0. The summed E-state index contributed by atoms with van der Waals surface area (Å²) in [6.45, 7) is 3.11. The fourth-order valence-electron chi connectivity index (χ4n) is 2.47. The van der Waals surface area contributed by atoms with Gasteiger partial charge in [0.05, 0.1) is 4.90 Å². The molecule has 0 aliphatic rings. The Morgan fingerprint density at radius 2 is 1.52 bits per heavy atom. The largest absolute Gasteiger partial charge is 0.385 e. The number of nitrogens with one attached hydrogen (secondary N) is 2. The standard InChI is InChI=1S/C20H27N3O3S/c1-4-5-6-15-21-17-9-11-18(12-10-17)22-20(24)16-7-13-19(14-8-16)27(25,26)23(2)3/h7-14,21H,4-6,15H2,1-3H3,(H,22,24). The minimum Gasteiger partial charge on any atom is -0.385 e. The van der Waals surface area contributed by atoms with Gasteiger partial charge < -0.3 is 10.6 Å². The Bertz CT molecular complexity index is 845. The van der Waals surface area contributed by atoms with Crippen LogP contribution in [0.2, 0.25) is 0 Å². The summed E-state index contributed by atoms with van der Waals surface area (Å²) in [5, 5.41) is 6.16. The molecule has 0 heterocycles. The van der Waals surface area contributed by atoms with Gasteiger partial charge in [-0.2, -0.15) is 0 Å². The quantitative estimate of drug-likeness (QED) is 0.640. The van der Waals surface area contributed by atoms with Crippen molar-refractivity contribution in [3.8, 4) is 0 Å². The zero-order chi connectivity index (χ0) is 19.9. The normalized spacial score (nSPS) is 11.4. The monoisotopic (exact) mass is 389 g/mol. The van der Waals surface area contributed by atoms with Gasteiger partial charge in [-0.05, 0) is 55.0 Å². The summed E-state index contributed by atoms with van der Waals surface area (Å²) in [5.41, 5.74) is 2.10. The summed E-state index contributed by atoms with van der Waals surface area (Å²) in [7, 11) is -0.559. The maximum absolute atomic E-state index is 12.4. The van der Waals surface area contributed by atoms with Gasteiger partial charge in [-0.25, -0.2) is 12.7 Å². The number of carbonyl (C=O) groups excluding carboxylic acids is 1. The van der Waals surface area contributed by atoms with Crippen molar-refractivity contribution < 1.29 is 13.2 Å². The van der Waals surface area contributed by atoms with Gasteiger partial charge in [0.25, 0.3) is 5.91 Å². The molecule has 2 aromatic carbocycles. The lowest BCUT2D eigenvalue weighted by Crippen LogP contribution is -2.22. The fraction of sp³-hybridized carbons (Fsp3) is 0.350. The number of unbranched alkanes of at least 4 members (excludes halogenated alkanes) is 2. The van der Waals surface area contributed by atoms with Crippen LogP contribution in [0.4, 0.5) is 11.4 Å². The molecular formula is C20H27N3O3S. The van der Waals surface area contributed by atoms with Gasteiger partial charge in [-0.15, -0.1) is 0 Å². The lowest BCUT2D eigenvalue weighted by Gasteiger charge is -2.12. The van der Waals surface area contributed by atoms with Gasteiger partial charge >= 0.3 is 0 Å². The van der Waals surface area contributed by atoms with Crippen LogP contribution in [0.25, 0.3) is 0 Å². The van der Waals surface area contributed by atoms with E-state index in [1.807, 2.05) is 24.3 Å². The second-order valence-electron chi connectivity index (χ2n) is 6.48. The van der Waals surface area contributed by atoms with Crippen molar-refractivity contribution in [3.63, 3.8) is 0 Å². The van der Waals surface area contributed by atoms with Crippen LogP contribution in [0.5, 0.6) is 0 Å². The van der Waals surface area contributed by atoms with E-state index in [2.05, 4.69) is 17.6 Å². The maximum atomic E-state index is 12.4. The summed E-state index contributed by atoms with van der Waals surface area (Å²) in [6, 6.07) is 13.4. The molecule has 0 aliphatic carbocycles. The molecule has 0 radical (unpaired) electrons. The predicted octanol–water partition coefficient (Wildman–Crippen LogP) is 3.79. The molecule has 2 N–H and O–H groups in total. The fourth-order valence-corrected chi connectivity index (χ4v) is 3.37. The predicted molar refractivity (Wildman–Crippen MR) is 110 cm³/mol. The topological polar surface area (TPSA) is 78.5 Å². The van der Waals surface area contributed by atoms with Crippen molar-refractivity contribution in [2.75, 3.05) is 31.3 Å². The van der Waals surface area contributed by atoms with Crippen molar-refractivity contribution in [2.24, 2.45) is 0 Å². The number of rotatable bonds is 9. The van der Waals surface area contributed by atoms with E-state index in [4.69, 9.17) is 0 Å². The Kier molecular flexibility index (Phi) is 7.38. The number of hydrogen-bond acceptors (Lipinski definition) is 4. The van der Waals surface area contributed by atoms with Gasteiger partial charge in [0.15, 0.2) is 0 Å². The summed E-state index contributed by atoms with van der Waals surface area (Å²) >= 11 is 0. The van der Waals surface area contributed by atoms with Crippen molar-refractivity contribution >= 4 is 27.3 Å². The minimum atomic E-state index is -3.50. The molecule has 2 aromatic rings. The Morgan fingerprint density at radius 1 is 0.926 bits per heavy atom. The number of benzene rings is 2. The Morgan fingerprint density at radius 3 is 2.07 bits per heavy atom. The number of nitrogens with zero attached hydrogens (tertiary/aromatic N) is 1. The van der Waals surface area contributed by atoms with Gasteiger partial charge in [0.1, 0.15) is 0 Å². The van der Waals surface area contributed by atoms with Crippen molar-refractivity contribution in [1.29, 1.82) is 0 Å². The highest BCUT2D eigenvalue weighted by molar-refractivity contribution is 7.89. The average molecular weight is 390 g/mol. The third-order valence-electron chi connectivity index (χ3n) is 4.15. The highest BCUT2D eigenvalue weighted by Gasteiger charge is 2.17. The molecule has 0 atom stereocenters. The summed E-state index contributed by atoms with van der Waals surface area (Å²) < 4.78 is 25.3. The number of carbonyl (C=O) groups is 1. The zero-order valence-corrected chi connectivity index (χ0v) is 16.8. The molecule has 146 valence electrons. The third kappa shape index (κ3) is 5.80. The van der Waals surface area contributed by atoms with E-state index in [1.54, 1.807) is 0 Å². The van der Waals surface area contributed by atoms with E-state index >= 15 is 0 Å². The van der Waals surface area contributed by atoms with E-state index < -0.39 is 10.0 Å². The van der Waals surface area contributed by atoms with Gasteiger partial charge in [0, 0.05) is 37.6 Å². The molecular weight excluding hydrogens is 362 g/mol. The van der Waals surface area contributed by atoms with E-state index in [0.29, 0.717) is 11.3 Å². The number of sulfonamides is 1. The van der Waals surface area contributed by atoms with E-state index in [-0.39, 0.29) is 10.8 Å². The molecule has 0 saturated carbocycles. The van der Waals surface area contributed by atoms with Crippen LogP contribution in [0, 0.1) is 0 Å². The second-order valence-corrected chi connectivity index (χ2v) is 8.63. The molecule has 0 bridgehead atoms. The molecule has 27 heavy (non-hydrogen) atoms. The molecule has 0 aliphatic heterocycles. The van der Waals surface area contributed by atoms with Crippen LogP contribution in [0.1, 0.15) is 36.5 Å². The van der Waals surface area contributed by atoms with Crippen LogP contribution in [-0.4, -0.2) is 39.3 Å². The van der Waals surface area contributed by atoms with Gasteiger partial charge in [-0.1, -0.05) is 19.8 Å². The first-order valence-electron chi connectivity index (χ1n) is 9.02. The molecule has 1 amide bonds. The highest BCUT2D eigenvalue weighted by atomic mass is 32.2. The van der Waals surface area contributed by atoms with Crippen LogP contribution in [-0.2, 0) is 10.0 Å². The molecule has 0 unspecified atom stereocenters. The molecule has 2 rings (SSSR count). The van der Waals surface area contributed by atoms with E-state index in [1.165, 1.54) is 51.2 Å². The molecule has 0 spiro atoms. The van der Waals surface area contributed by atoms with Crippen molar-refractivity contribution in [3.05, 3.63) is 54.1 Å². The van der Waals surface area contributed by atoms with Gasteiger partial charge in [-0.3, -0.25) is 4.79 Å². The lowest BCUT2D eigenvalue weighted by atomic mass is 10.2. The minimum absolute atomic E-state index is 0.155. The Hall–Kier alpha value is -2.38. The third-order valence-corrected chi connectivity index (χ3v) is 5.98. The van der Waals surface area contributed by atoms with E-state index in [9.17, 15) is 13.2 Å². The van der Waals surface area contributed by atoms with Crippen LogP contribution < -0.4 is 10.6 Å².